The lowest BCUT2D eigenvalue weighted by Crippen LogP contribution is -2.18. The van der Waals surface area contributed by atoms with Crippen LogP contribution in [0.15, 0.2) is 24.7 Å². The van der Waals surface area contributed by atoms with Gasteiger partial charge in [0.25, 0.3) is 0 Å². The number of benzene rings is 1. The molecule has 142 valence electrons. The number of amides is 1. The van der Waals surface area contributed by atoms with Gasteiger partial charge >= 0.3 is 0 Å². The first kappa shape index (κ1) is 18.9. The van der Waals surface area contributed by atoms with Crippen LogP contribution in [0.3, 0.4) is 0 Å². The Morgan fingerprint density at radius 2 is 1.89 bits per heavy atom. The average Bonchev–Trinajstić information content (AvgIpc) is 3.15. The minimum Gasteiger partial charge on any atom is -0.322 e. The molecule has 0 unspecified atom stereocenters. The molecule has 0 aliphatic carbocycles. The molecule has 27 heavy (non-hydrogen) atoms. The number of nitrogens with zero attached hydrogens (tertiary/aromatic N) is 4. The molecule has 11 heteroatoms. The van der Waals surface area contributed by atoms with Gasteiger partial charge in [0.15, 0.2) is 17.5 Å². The molecular formula is C16H12ClF4N5O. The van der Waals surface area contributed by atoms with Gasteiger partial charge in [-0.15, -0.1) is 0 Å². The van der Waals surface area contributed by atoms with E-state index in [9.17, 15) is 22.4 Å². The molecule has 1 amide bonds. The van der Waals surface area contributed by atoms with Gasteiger partial charge in [-0.3, -0.25) is 14.2 Å². The predicted octanol–water partition coefficient (Wildman–Crippen LogP) is 3.28. The Kier molecular flexibility index (Phi) is 5.17. The molecule has 3 aromatic rings. The first-order valence-electron chi connectivity index (χ1n) is 7.58. The second kappa shape index (κ2) is 7.39. The number of aromatic nitrogens is 4. The normalized spacial score (nSPS) is 11.0. The fourth-order valence-electron chi connectivity index (χ4n) is 2.35. The minimum atomic E-state index is -1.76. The lowest BCUT2D eigenvalue weighted by Gasteiger charge is -2.07. The summed E-state index contributed by atoms with van der Waals surface area (Å²) in [6.45, 7) is 1.10. The predicted molar refractivity (Wildman–Crippen MR) is 88.2 cm³/mol. The summed E-state index contributed by atoms with van der Waals surface area (Å²) < 4.78 is 56.1. The molecule has 0 aliphatic heterocycles. The summed E-state index contributed by atoms with van der Waals surface area (Å²) in [5.41, 5.74) is 0.141. The van der Waals surface area contributed by atoms with Crippen LogP contribution in [0.2, 0.25) is 5.02 Å². The highest BCUT2D eigenvalue weighted by Crippen LogP contribution is 2.20. The fourth-order valence-corrected chi connectivity index (χ4v) is 2.50. The first-order chi connectivity index (χ1) is 12.7. The van der Waals surface area contributed by atoms with E-state index < -0.39 is 41.3 Å². The van der Waals surface area contributed by atoms with Gasteiger partial charge in [0.05, 0.1) is 29.1 Å². The van der Waals surface area contributed by atoms with Gasteiger partial charge in [0.1, 0.15) is 12.4 Å². The van der Waals surface area contributed by atoms with Crippen LogP contribution in [0.25, 0.3) is 0 Å². The Labute approximate surface area is 155 Å². The zero-order valence-corrected chi connectivity index (χ0v) is 14.6. The van der Waals surface area contributed by atoms with Crippen molar-refractivity contribution in [3.05, 3.63) is 64.2 Å². The molecule has 2 heterocycles. The van der Waals surface area contributed by atoms with Crippen LogP contribution in [0.1, 0.15) is 11.3 Å². The van der Waals surface area contributed by atoms with Gasteiger partial charge in [-0.05, 0) is 6.92 Å². The van der Waals surface area contributed by atoms with E-state index in [4.69, 9.17) is 11.6 Å². The molecular weight excluding hydrogens is 390 g/mol. The number of anilines is 1. The van der Waals surface area contributed by atoms with Crippen molar-refractivity contribution < 1.29 is 22.4 Å². The SMILES string of the molecule is Cc1nn(CC(=O)Nc2cnn(Cc3c(F)cc(F)c(F)c3F)c2)cc1Cl. The van der Waals surface area contributed by atoms with E-state index in [1.54, 1.807) is 6.92 Å². The molecule has 0 atom stereocenters. The zero-order chi connectivity index (χ0) is 19.7. The van der Waals surface area contributed by atoms with Gasteiger partial charge in [0, 0.05) is 24.0 Å². The summed E-state index contributed by atoms with van der Waals surface area (Å²) in [5, 5.41) is 10.8. The van der Waals surface area contributed by atoms with Crippen LogP contribution in [0.4, 0.5) is 23.2 Å². The number of halogens is 5. The lowest BCUT2D eigenvalue weighted by molar-refractivity contribution is -0.116. The van der Waals surface area contributed by atoms with Gasteiger partial charge in [-0.25, -0.2) is 17.6 Å². The summed E-state index contributed by atoms with van der Waals surface area (Å²) in [7, 11) is 0. The Morgan fingerprint density at radius 1 is 1.15 bits per heavy atom. The number of aryl methyl sites for hydroxylation is 1. The largest absolute Gasteiger partial charge is 0.322 e. The number of hydrogen-bond acceptors (Lipinski definition) is 3. The molecule has 2 aromatic heterocycles. The fraction of sp³-hybridized carbons (Fsp3) is 0.188. The number of carbonyl (C=O) groups excluding carboxylic acids is 1. The third kappa shape index (κ3) is 4.11. The van der Waals surface area contributed by atoms with Crippen molar-refractivity contribution in [1.82, 2.24) is 19.6 Å². The number of rotatable bonds is 5. The molecule has 0 radical (unpaired) electrons. The van der Waals surface area contributed by atoms with Crippen LogP contribution in [-0.4, -0.2) is 25.5 Å². The monoisotopic (exact) mass is 401 g/mol. The smallest absolute Gasteiger partial charge is 0.246 e. The zero-order valence-electron chi connectivity index (χ0n) is 13.8. The highest BCUT2D eigenvalue weighted by atomic mass is 35.5. The Morgan fingerprint density at radius 3 is 2.56 bits per heavy atom. The molecule has 0 saturated carbocycles. The average molecular weight is 402 g/mol. The minimum absolute atomic E-state index is 0.106. The van der Waals surface area contributed by atoms with Crippen molar-refractivity contribution in [2.24, 2.45) is 0 Å². The molecule has 0 bridgehead atoms. The van der Waals surface area contributed by atoms with Crippen molar-refractivity contribution in [1.29, 1.82) is 0 Å². The quantitative estimate of drug-likeness (QED) is 0.405. The maximum absolute atomic E-state index is 13.7. The van der Waals surface area contributed by atoms with Crippen LogP contribution >= 0.6 is 11.6 Å². The van der Waals surface area contributed by atoms with Crippen molar-refractivity contribution in [3.8, 4) is 0 Å². The molecule has 0 fully saturated rings. The molecule has 0 spiro atoms. The molecule has 0 saturated heterocycles. The molecule has 6 nitrogen and oxygen atoms in total. The third-order valence-corrected chi connectivity index (χ3v) is 4.01. The molecule has 3 rings (SSSR count). The van der Waals surface area contributed by atoms with Gasteiger partial charge < -0.3 is 5.32 Å². The van der Waals surface area contributed by atoms with Crippen molar-refractivity contribution in [2.75, 3.05) is 5.32 Å². The second-order valence-electron chi connectivity index (χ2n) is 5.68. The van der Waals surface area contributed by atoms with Crippen LogP contribution in [0, 0.1) is 30.2 Å². The van der Waals surface area contributed by atoms with Crippen LogP contribution in [-0.2, 0) is 17.9 Å². The van der Waals surface area contributed by atoms with Crippen LogP contribution < -0.4 is 5.32 Å². The van der Waals surface area contributed by atoms with Gasteiger partial charge in [0.2, 0.25) is 5.91 Å². The van der Waals surface area contributed by atoms with Crippen molar-refractivity contribution in [2.45, 2.75) is 20.0 Å². The summed E-state index contributed by atoms with van der Waals surface area (Å²) in [6.07, 6.45) is 4.03. The molecule has 1 N–H and O–H groups in total. The maximum Gasteiger partial charge on any atom is 0.246 e. The lowest BCUT2D eigenvalue weighted by atomic mass is 10.2. The topological polar surface area (TPSA) is 64.7 Å². The van der Waals surface area contributed by atoms with E-state index in [0.29, 0.717) is 10.7 Å². The van der Waals surface area contributed by atoms with E-state index in [1.165, 1.54) is 23.3 Å². The van der Waals surface area contributed by atoms with Crippen molar-refractivity contribution >= 4 is 23.2 Å². The van der Waals surface area contributed by atoms with E-state index >= 15 is 0 Å². The van der Waals surface area contributed by atoms with E-state index in [1.807, 2.05) is 0 Å². The van der Waals surface area contributed by atoms with E-state index in [0.717, 1.165) is 4.68 Å². The Hall–Kier alpha value is -2.88. The highest BCUT2D eigenvalue weighted by molar-refractivity contribution is 6.31. The maximum atomic E-state index is 13.7. The summed E-state index contributed by atoms with van der Waals surface area (Å²) in [4.78, 5) is 12.0. The van der Waals surface area contributed by atoms with Gasteiger partial charge in [-0.2, -0.15) is 10.2 Å². The third-order valence-electron chi connectivity index (χ3n) is 3.64. The molecule has 0 aliphatic rings. The molecule has 1 aromatic carbocycles. The number of carbonyl (C=O) groups is 1. The first-order valence-corrected chi connectivity index (χ1v) is 7.96. The Balaban J connectivity index is 1.68. The second-order valence-corrected chi connectivity index (χ2v) is 6.09. The van der Waals surface area contributed by atoms with E-state index in [-0.39, 0.29) is 18.3 Å². The van der Waals surface area contributed by atoms with E-state index in [2.05, 4.69) is 15.5 Å². The van der Waals surface area contributed by atoms with Crippen LogP contribution in [0.5, 0.6) is 0 Å². The summed E-state index contributed by atoms with van der Waals surface area (Å²) >= 11 is 5.86. The highest BCUT2D eigenvalue weighted by Gasteiger charge is 2.19. The number of nitrogens with one attached hydrogen (secondary N) is 1. The van der Waals surface area contributed by atoms with Gasteiger partial charge in [-0.1, -0.05) is 11.6 Å². The van der Waals surface area contributed by atoms with Crippen molar-refractivity contribution in [3.63, 3.8) is 0 Å². The summed E-state index contributed by atoms with van der Waals surface area (Å²) in [6, 6.07) is 0.261. The number of hydrogen-bond donors (Lipinski definition) is 1. The Bertz CT molecular complexity index is 997. The summed E-state index contributed by atoms with van der Waals surface area (Å²) in [5.74, 6) is -6.67. The standard InChI is InChI=1S/C16H12ClF4N5O/c1-8-11(17)6-26(24-8)7-14(27)23-9-3-22-25(4-9)5-10-12(18)2-13(19)16(21)15(10)20/h2-4,6H,5,7H2,1H3,(H,23,27).